The summed E-state index contributed by atoms with van der Waals surface area (Å²) in [5.74, 6) is 1.56. The summed E-state index contributed by atoms with van der Waals surface area (Å²) < 4.78 is 0. The van der Waals surface area contributed by atoms with Gasteiger partial charge in [-0.2, -0.15) is 0 Å². The minimum atomic E-state index is -0.860. The first kappa shape index (κ1) is 15.3. The number of carbonyl (C=O) groups is 1. The normalized spacial score (nSPS) is 32.0. The molecule has 0 radical (unpaired) electrons. The Hall–Kier alpha value is -2.00. The summed E-state index contributed by atoms with van der Waals surface area (Å²) >= 11 is 6.07. The molecule has 1 heterocycles. The number of halogens is 1. The van der Waals surface area contributed by atoms with Crippen LogP contribution in [0.5, 0.6) is 0 Å². The maximum Gasteiger partial charge on any atom is 0.337 e. The van der Waals surface area contributed by atoms with Crippen LogP contribution in [0, 0.1) is 17.8 Å². The van der Waals surface area contributed by atoms with Crippen molar-refractivity contribution in [2.75, 3.05) is 5.32 Å². The van der Waals surface area contributed by atoms with E-state index in [1.165, 1.54) is 30.4 Å². The molecule has 0 aromatic heterocycles. The lowest BCUT2D eigenvalue weighted by Gasteiger charge is -2.44. The number of rotatable bonds is 2. The van der Waals surface area contributed by atoms with Crippen LogP contribution < -0.4 is 5.32 Å². The van der Waals surface area contributed by atoms with E-state index in [0.717, 1.165) is 16.6 Å². The second-order valence-electron chi connectivity index (χ2n) is 7.68. The number of hydrogen-bond donors (Lipinski definition) is 2. The van der Waals surface area contributed by atoms with E-state index in [1.54, 1.807) is 6.07 Å². The molecule has 0 spiro atoms. The second-order valence-corrected chi connectivity index (χ2v) is 8.12. The molecule has 3 nitrogen and oxygen atoms in total. The first-order valence-corrected chi connectivity index (χ1v) is 9.39. The summed E-state index contributed by atoms with van der Waals surface area (Å²) in [5.41, 5.74) is 3.63. The van der Waals surface area contributed by atoms with Gasteiger partial charge in [-0.05, 0) is 72.3 Å². The Morgan fingerprint density at radius 2 is 1.84 bits per heavy atom. The lowest BCUT2D eigenvalue weighted by molar-refractivity contribution is 0.0697. The van der Waals surface area contributed by atoms with E-state index in [-0.39, 0.29) is 6.04 Å². The highest BCUT2D eigenvalue weighted by atomic mass is 35.5. The summed E-state index contributed by atoms with van der Waals surface area (Å²) in [6.07, 6.45) is 3.85. The van der Waals surface area contributed by atoms with E-state index in [2.05, 4.69) is 23.5 Å². The summed E-state index contributed by atoms with van der Waals surface area (Å²) in [6, 6.07) is 13.9. The van der Waals surface area contributed by atoms with E-state index in [0.29, 0.717) is 23.3 Å². The van der Waals surface area contributed by atoms with Gasteiger partial charge in [0.1, 0.15) is 0 Å². The van der Waals surface area contributed by atoms with E-state index in [9.17, 15) is 9.90 Å². The van der Waals surface area contributed by atoms with Crippen LogP contribution in [0.2, 0.25) is 5.02 Å². The van der Waals surface area contributed by atoms with Gasteiger partial charge in [0.05, 0.1) is 17.3 Å². The van der Waals surface area contributed by atoms with E-state index in [1.807, 2.05) is 18.2 Å². The van der Waals surface area contributed by atoms with Crippen molar-refractivity contribution in [3.05, 3.63) is 64.2 Å². The summed E-state index contributed by atoms with van der Waals surface area (Å²) in [4.78, 5) is 11.8. The van der Waals surface area contributed by atoms with Crippen LogP contribution in [0.4, 0.5) is 5.69 Å². The summed E-state index contributed by atoms with van der Waals surface area (Å²) in [7, 11) is 0. The molecule has 1 aliphatic heterocycles. The Kier molecular flexibility index (Phi) is 3.36. The van der Waals surface area contributed by atoms with Gasteiger partial charge >= 0.3 is 5.97 Å². The van der Waals surface area contributed by atoms with Crippen LogP contribution >= 0.6 is 11.6 Å². The standard InChI is InChI=1S/C21H20ClNO2/c22-14-8-6-11(7-9-14)19-18-13-5-4-12(10-13)17(18)15-2-1-3-16(21(24)25)20(15)23-19/h1-3,6-9,12-13,17-19,23H,4-5,10H2,(H,24,25)/t12-,13-,17+,18-,19+/m0/s1. The van der Waals surface area contributed by atoms with Crippen LogP contribution in [0.3, 0.4) is 0 Å². The van der Waals surface area contributed by atoms with Gasteiger partial charge in [-0.25, -0.2) is 4.79 Å². The van der Waals surface area contributed by atoms with Crippen molar-refractivity contribution in [2.45, 2.75) is 31.2 Å². The quantitative estimate of drug-likeness (QED) is 0.766. The molecule has 2 N–H and O–H groups in total. The van der Waals surface area contributed by atoms with Crippen molar-refractivity contribution in [1.82, 2.24) is 0 Å². The molecular weight excluding hydrogens is 334 g/mol. The molecule has 2 aromatic rings. The van der Waals surface area contributed by atoms with Crippen LogP contribution in [0.25, 0.3) is 0 Å². The van der Waals surface area contributed by atoms with Crippen LogP contribution in [0.15, 0.2) is 42.5 Å². The average Bonchev–Trinajstić information content (AvgIpc) is 3.23. The zero-order valence-corrected chi connectivity index (χ0v) is 14.5. The topological polar surface area (TPSA) is 49.3 Å². The molecule has 2 bridgehead atoms. The van der Waals surface area contributed by atoms with Gasteiger partial charge in [0.2, 0.25) is 0 Å². The van der Waals surface area contributed by atoms with Crippen LogP contribution in [0.1, 0.15) is 52.7 Å². The number of hydrogen-bond acceptors (Lipinski definition) is 2. The maximum atomic E-state index is 11.8. The van der Waals surface area contributed by atoms with Crippen molar-refractivity contribution in [3.8, 4) is 0 Å². The first-order valence-electron chi connectivity index (χ1n) is 9.01. The fourth-order valence-corrected chi connectivity index (χ4v) is 5.82. The predicted molar refractivity (Wildman–Crippen MR) is 98.3 cm³/mol. The number of carboxylic acids is 1. The highest BCUT2D eigenvalue weighted by Gasteiger charge is 2.54. The third-order valence-electron chi connectivity index (χ3n) is 6.58. The molecule has 2 aromatic carbocycles. The number of para-hydroxylation sites is 1. The molecule has 128 valence electrons. The van der Waals surface area contributed by atoms with Crippen molar-refractivity contribution in [3.63, 3.8) is 0 Å². The van der Waals surface area contributed by atoms with Crippen molar-refractivity contribution < 1.29 is 9.90 Å². The highest BCUT2D eigenvalue weighted by molar-refractivity contribution is 6.30. The minimum Gasteiger partial charge on any atom is -0.478 e. The highest BCUT2D eigenvalue weighted by Crippen LogP contribution is 2.63. The molecular formula is C21H20ClNO2. The SMILES string of the molecule is O=C(O)c1cccc2c1N[C@H](c1ccc(Cl)cc1)[C@H]1[C@H]3CC[C@@H](C3)[C@H]21. The number of fused-ring (bicyclic) bond motifs is 7. The second kappa shape index (κ2) is 5.50. The molecule has 5 atom stereocenters. The lowest BCUT2D eigenvalue weighted by atomic mass is 9.67. The van der Waals surface area contributed by atoms with Crippen LogP contribution in [-0.4, -0.2) is 11.1 Å². The largest absolute Gasteiger partial charge is 0.478 e. The summed E-state index contributed by atoms with van der Waals surface area (Å²) in [6.45, 7) is 0. The van der Waals surface area contributed by atoms with Gasteiger partial charge in [-0.3, -0.25) is 0 Å². The van der Waals surface area contributed by atoms with E-state index < -0.39 is 5.97 Å². The van der Waals surface area contributed by atoms with E-state index in [4.69, 9.17) is 11.6 Å². The smallest absolute Gasteiger partial charge is 0.337 e. The average molecular weight is 354 g/mol. The van der Waals surface area contributed by atoms with Gasteiger partial charge in [-0.1, -0.05) is 35.9 Å². The Morgan fingerprint density at radius 3 is 2.60 bits per heavy atom. The molecule has 5 rings (SSSR count). The number of aromatic carboxylic acids is 1. The van der Waals surface area contributed by atoms with Crippen molar-refractivity contribution in [2.24, 2.45) is 17.8 Å². The maximum absolute atomic E-state index is 11.8. The van der Waals surface area contributed by atoms with Crippen LogP contribution in [-0.2, 0) is 0 Å². The predicted octanol–water partition coefficient (Wildman–Crippen LogP) is 5.33. The molecule has 25 heavy (non-hydrogen) atoms. The van der Waals surface area contributed by atoms with Crippen molar-refractivity contribution in [1.29, 1.82) is 0 Å². The Morgan fingerprint density at radius 1 is 1.08 bits per heavy atom. The fraction of sp³-hybridized carbons (Fsp3) is 0.381. The van der Waals surface area contributed by atoms with E-state index >= 15 is 0 Å². The zero-order chi connectivity index (χ0) is 17.1. The monoisotopic (exact) mass is 353 g/mol. The molecule has 2 fully saturated rings. The number of benzene rings is 2. The minimum absolute atomic E-state index is 0.158. The van der Waals surface area contributed by atoms with Gasteiger partial charge in [0.15, 0.2) is 0 Å². The third kappa shape index (κ3) is 2.22. The number of anilines is 1. The van der Waals surface area contributed by atoms with Gasteiger partial charge < -0.3 is 10.4 Å². The Labute approximate surface area is 152 Å². The van der Waals surface area contributed by atoms with Crippen molar-refractivity contribution >= 4 is 23.3 Å². The molecule has 3 aliphatic rings. The third-order valence-corrected chi connectivity index (χ3v) is 6.83. The number of nitrogens with one attached hydrogen (secondary N) is 1. The zero-order valence-electron chi connectivity index (χ0n) is 13.8. The molecule has 0 amide bonds. The molecule has 0 unspecified atom stereocenters. The van der Waals surface area contributed by atoms with Gasteiger partial charge in [-0.15, -0.1) is 0 Å². The molecule has 4 heteroatoms. The Bertz CT molecular complexity index is 847. The molecule has 2 aliphatic carbocycles. The molecule has 0 saturated heterocycles. The Balaban J connectivity index is 1.67. The van der Waals surface area contributed by atoms with Gasteiger partial charge in [0, 0.05) is 5.02 Å². The summed E-state index contributed by atoms with van der Waals surface area (Å²) in [5, 5.41) is 14.0. The van der Waals surface area contributed by atoms with Gasteiger partial charge in [0.25, 0.3) is 0 Å². The molecule has 2 saturated carbocycles. The lowest BCUT2D eigenvalue weighted by Crippen LogP contribution is -2.36. The first-order chi connectivity index (χ1) is 12.1. The fourth-order valence-electron chi connectivity index (χ4n) is 5.69. The number of carboxylic acid groups (broad SMARTS) is 1.